The van der Waals surface area contributed by atoms with Crippen LogP contribution in [0.4, 0.5) is 0 Å². The Morgan fingerprint density at radius 2 is 2.32 bits per heavy atom. The van der Waals surface area contributed by atoms with Crippen LogP contribution in [0.5, 0.6) is 5.75 Å². The van der Waals surface area contributed by atoms with E-state index in [-0.39, 0.29) is 11.8 Å². The number of aromatic amines is 1. The van der Waals surface area contributed by atoms with Gasteiger partial charge in [-0.1, -0.05) is 11.6 Å². The van der Waals surface area contributed by atoms with Gasteiger partial charge in [-0.25, -0.2) is 4.98 Å². The number of halogens is 1. The molecule has 0 saturated carbocycles. The Labute approximate surface area is 149 Å². The zero-order valence-corrected chi connectivity index (χ0v) is 14.5. The molecule has 1 fully saturated rings. The van der Waals surface area contributed by atoms with Gasteiger partial charge in [-0.05, 0) is 25.0 Å². The van der Waals surface area contributed by atoms with E-state index in [1.807, 2.05) is 11.1 Å². The maximum Gasteiger partial charge on any atom is 0.289 e. The molecular weight excluding hydrogens is 342 g/mol. The Morgan fingerprint density at radius 1 is 1.44 bits per heavy atom. The third-order valence-electron chi connectivity index (χ3n) is 4.59. The summed E-state index contributed by atoms with van der Waals surface area (Å²) in [7, 11) is 1.55. The van der Waals surface area contributed by atoms with E-state index in [1.54, 1.807) is 31.5 Å². The highest BCUT2D eigenvalue weighted by Crippen LogP contribution is 2.33. The quantitative estimate of drug-likeness (QED) is 0.771. The predicted molar refractivity (Wildman–Crippen MR) is 94.2 cm³/mol. The van der Waals surface area contributed by atoms with Gasteiger partial charge in [0.25, 0.3) is 5.91 Å². The number of H-pyrrole nitrogens is 1. The molecule has 4 rings (SSSR count). The maximum absolute atomic E-state index is 12.9. The molecule has 0 spiro atoms. The molecule has 1 aromatic carbocycles. The summed E-state index contributed by atoms with van der Waals surface area (Å²) < 4.78 is 11.1. The second-order valence-electron chi connectivity index (χ2n) is 6.20. The number of ether oxygens (including phenoxy) is 1. The lowest BCUT2D eigenvalue weighted by Gasteiger charge is -2.31. The number of piperidine rings is 1. The fourth-order valence-electron chi connectivity index (χ4n) is 3.38. The summed E-state index contributed by atoms with van der Waals surface area (Å²) in [6.07, 6.45) is 5.50. The average molecular weight is 360 g/mol. The summed E-state index contributed by atoms with van der Waals surface area (Å²) in [5.41, 5.74) is 0.537. The van der Waals surface area contributed by atoms with Crippen molar-refractivity contribution >= 4 is 28.5 Å². The van der Waals surface area contributed by atoms with Crippen molar-refractivity contribution in [2.75, 3.05) is 20.2 Å². The monoisotopic (exact) mass is 359 g/mol. The fraction of sp³-hybridized carbons (Fsp3) is 0.333. The van der Waals surface area contributed by atoms with Crippen LogP contribution >= 0.6 is 11.6 Å². The van der Waals surface area contributed by atoms with Crippen LogP contribution in [-0.2, 0) is 0 Å². The molecule has 3 aromatic rings. The lowest BCUT2D eigenvalue weighted by Crippen LogP contribution is -2.39. The van der Waals surface area contributed by atoms with Crippen molar-refractivity contribution in [2.45, 2.75) is 18.8 Å². The first-order valence-corrected chi connectivity index (χ1v) is 8.59. The molecule has 6 nitrogen and oxygen atoms in total. The van der Waals surface area contributed by atoms with Crippen molar-refractivity contribution < 1.29 is 13.9 Å². The lowest BCUT2D eigenvalue weighted by molar-refractivity contribution is 0.0675. The number of likely N-dealkylation sites (tertiary alicyclic amines) is 1. The van der Waals surface area contributed by atoms with E-state index in [9.17, 15) is 4.79 Å². The highest BCUT2D eigenvalue weighted by molar-refractivity contribution is 6.31. The summed E-state index contributed by atoms with van der Waals surface area (Å²) in [5, 5.41) is 1.30. The van der Waals surface area contributed by atoms with Gasteiger partial charge in [0.15, 0.2) is 17.1 Å². The number of fused-ring (bicyclic) bond motifs is 1. The Morgan fingerprint density at radius 3 is 3.08 bits per heavy atom. The van der Waals surface area contributed by atoms with Crippen molar-refractivity contribution in [3.05, 3.63) is 47.2 Å². The number of hydrogen-bond donors (Lipinski definition) is 1. The highest BCUT2D eigenvalue weighted by Gasteiger charge is 2.28. The summed E-state index contributed by atoms with van der Waals surface area (Å²) in [4.78, 5) is 22.2. The molecule has 2 aromatic heterocycles. The van der Waals surface area contributed by atoms with E-state index < -0.39 is 0 Å². The molecule has 1 aliphatic heterocycles. The van der Waals surface area contributed by atoms with Gasteiger partial charge in [0.05, 0.1) is 7.11 Å². The lowest BCUT2D eigenvalue weighted by atomic mass is 9.97. The van der Waals surface area contributed by atoms with Crippen LogP contribution in [0, 0.1) is 0 Å². The molecule has 1 saturated heterocycles. The largest absolute Gasteiger partial charge is 0.493 e. The van der Waals surface area contributed by atoms with E-state index in [4.69, 9.17) is 20.8 Å². The van der Waals surface area contributed by atoms with Crippen LogP contribution in [0.15, 0.2) is 35.0 Å². The van der Waals surface area contributed by atoms with Crippen LogP contribution in [0.1, 0.15) is 35.1 Å². The standard InChI is InChI=1S/C18H18ClN3O3/c1-24-14-9-13(19)7-12-8-15(25-16(12)14)18(23)22-6-2-3-11(10-22)17-20-4-5-21-17/h4-5,7-9,11H,2-3,6,10H2,1H3,(H,20,21)/t11-/m1/s1. The van der Waals surface area contributed by atoms with Crippen LogP contribution in [0.25, 0.3) is 11.0 Å². The van der Waals surface area contributed by atoms with Gasteiger partial charge in [0, 0.05) is 47.9 Å². The minimum absolute atomic E-state index is 0.120. The number of benzene rings is 1. The minimum Gasteiger partial charge on any atom is -0.493 e. The average Bonchev–Trinajstić information content (AvgIpc) is 3.30. The molecule has 0 radical (unpaired) electrons. The number of hydrogen-bond acceptors (Lipinski definition) is 4. The van der Waals surface area contributed by atoms with Crippen LogP contribution < -0.4 is 4.74 Å². The SMILES string of the molecule is COc1cc(Cl)cc2cc(C(=O)N3CCC[C@@H](c4ncc[nH]4)C3)oc12. The molecule has 130 valence electrons. The van der Waals surface area contributed by atoms with Crippen molar-refractivity contribution in [2.24, 2.45) is 0 Å². The number of nitrogens with one attached hydrogen (secondary N) is 1. The van der Waals surface area contributed by atoms with Crippen molar-refractivity contribution in [1.29, 1.82) is 0 Å². The first-order chi connectivity index (χ1) is 12.2. The second kappa shape index (κ2) is 6.44. The molecule has 7 heteroatoms. The van der Waals surface area contributed by atoms with Gasteiger partial charge in [-0.3, -0.25) is 4.79 Å². The molecule has 1 amide bonds. The number of imidazole rings is 1. The van der Waals surface area contributed by atoms with Crippen LogP contribution in [-0.4, -0.2) is 41.0 Å². The van der Waals surface area contributed by atoms with Gasteiger partial charge in [0.2, 0.25) is 0 Å². The van der Waals surface area contributed by atoms with Crippen molar-refractivity contribution in [3.63, 3.8) is 0 Å². The molecule has 0 unspecified atom stereocenters. The number of aromatic nitrogens is 2. The number of rotatable bonds is 3. The summed E-state index contributed by atoms with van der Waals surface area (Å²) in [6.45, 7) is 1.34. The predicted octanol–water partition coefficient (Wildman–Crippen LogP) is 3.84. The fourth-order valence-corrected chi connectivity index (χ4v) is 3.60. The van der Waals surface area contributed by atoms with E-state index in [0.29, 0.717) is 35.2 Å². The minimum atomic E-state index is -0.120. The molecular formula is C18H18ClN3O3. The second-order valence-corrected chi connectivity index (χ2v) is 6.64. The summed E-state index contributed by atoms with van der Waals surface area (Å²) in [5.74, 6) is 1.85. The molecule has 1 atom stereocenters. The number of furan rings is 1. The van der Waals surface area contributed by atoms with Crippen molar-refractivity contribution in [3.8, 4) is 5.75 Å². The van der Waals surface area contributed by atoms with Gasteiger partial charge in [-0.15, -0.1) is 0 Å². The molecule has 1 aliphatic rings. The van der Waals surface area contributed by atoms with E-state index in [2.05, 4.69) is 9.97 Å². The molecule has 1 N–H and O–H groups in total. The van der Waals surface area contributed by atoms with Gasteiger partial charge >= 0.3 is 0 Å². The van der Waals surface area contributed by atoms with E-state index in [1.165, 1.54) is 0 Å². The number of amides is 1. The Balaban J connectivity index is 1.61. The van der Waals surface area contributed by atoms with Gasteiger partial charge < -0.3 is 19.0 Å². The van der Waals surface area contributed by atoms with Crippen molar-refractivity contribution in [1.82, 2.24) is 14.9 Å². The smallest absolute Gasteiger partial charge is 0.289 e. The van der Waals surface area contributed by atoms with Gasteiger partial charge in [-0.2, -0.15) is 0 Å². The number of carbonyl (C=O) groups excluding carboxylic acids is 1. The van der Waals surface area contributed by atoms with E-state index in [0.717, 1.165) is 24.1 Å². The molecule has 0 aliphatic carbocycles. The number of nitrogens with zero attached hydrogens (tertiary/aromatic N) is 2. The van der Waals surface area contributed by atoms with E-state index >= 15 is 0 Å². The topological polar surface area (TPSA) is 71.4 Å². The molecule has 0 bridgehead atoms. The molecule has 3 heterocycles. The Bertz CT molecular complexity index is 904. The normalized spacial score (nSPS) is 17.8. The Kier molecular flexibility index (Phi) is 4.13. The summed E-state index contributed by atoms with van der Waals surface area (Å²) >= 11 is 6.09. The third-order valence-corrected chi connectivity index (χ3v) is 4.81. The zero-order chi connectivity index (χ0) is 17.4. The zero-order valence-electron chi connectivity index (χ0n) is 13.8. The first-order valence-electron chi connectivity index (χ1n) is 8.21. The number of carbonyl (C=O) groups is 1. The molecule has 25 heavy (non-hydrogen) atoms. The maximum atomic E-state index is 12.9. The third kappa shape index (κ3) is 2.98. The first kappa shape index (κ1) is 16.0. The van der Waals surface area contributed by atoms with Crippen LogP contribution in [0.2, 0.25) is 5.02 Å². The van der Waals surface area contributed by atoms with Crippen LogP contribution in [0.3, 0.4) is 0 Å². The summed E-state index contributed by atoms with van der Waals surface area (Å²) in [6, 6.07) is 5.17. The number of methoxy groups -OCH3 is 1. The van der Waals surface area contributed by atoms with Gasteiger partial charge in [0.1, 0.15) is 5.82 Å². The highest BCUT2D eigenvalue weighted by atomic mass is 35.5. The Hall–Kier alpha value is -2.47.